The summed E-state index contributed by atoms with van der Waals surface area (Å²) in [6.45, 7) is 7.23. The minimum absolute atomic E-state index is 0.0875. The first-order chi connectivity index (χ1) is 20.5. The van der Waals surface area contributed by atoms with E-state index in [0.29, 0.717) is 64.8 Å². The van der Waals surface area contributed by atoms with Crippen LogP contribution >= 0.6 is 11.6 Å². The van der Waals surface area contributed by atoms with E-state index >= 15 is 0 Å². The van der Waals surface area contributed by atoms with E-state index in [1.54, 1.807) is 31.5 Å². The highest BCUT2D eigenvalue weighted by Gasteiger charge is 2.56. The second kappa shape index (κ2) is 11.1. The largest absolute Gasteiger partial charge is 0.381 e. The predicted octanol–water partition coefficient (Wildman–Crippen LogP) is 6.06. The zero-order valence-electron chi connectivity index (χ0n) is 24.1. The van der Waals surface area contributed by atoms with Gasteiger partial charge in [0.15, 0.2) is 0 Å². The summed E-state index contributed by atoms with van der Waals surface area (Å²) in [6.07, 6.45) is 8.17. The maximum atomic E-state index is 14.0. The second-order valence-electron chi connectivity index (χ2n) is 12.1. The van der Waals surface area contributed by atoms with Crippen LogP contribution < -0.4 is 21.6 Å². The molecular weight excluding hydrogens is 579 g/mol. The summed E-state index contributed by atoms with van der Waals surface area (Å²) in [5, 5.41) is 9.69. The summed E-state index contributed by atoms with van der Waals surface area (Å²) in [6, 6.07) is 6.02. The molecule has 1 saturated carbocycles. The average molecular weight is 612 g/mol. The first-order valence-electron chi connectivity index (χ1n) is 14.2. The molecule has 226 valence electrons. The topological polar surface area (TPSA) is 86.4 Å². The molecule has 0 spiro atoms. The molecule has 2 fully saturated rings. The quantitative estimate of drug-likeness (QED) is 0.181. The summed E-state index contributed by atoms with van der Waals surface area (Å²) in [5.74, 6) is 2.13. The summed E-state index contributed by atoms with van der Waals surface area (Å²) in [5.41, 5.74) is 8.69. The second-order valence-corrected chi connectivity index (χ2v) is 12.5. The molecule has 1 aromatic carbocycles. The van der Waals surface area contributed by atoms with Gasteiger partial charge in [-0.3, -0.25) is 9.99 Å². The number of fused-ring (bicyclic) bond motifs is 1. The lowest BCUT2D eigenvalue weighted by atomic mass is 9.81. The zero-order valence-corrected chi connectivity index (χ0v) is 24.8. The van der Waals surface area contributed by atoms with E-state index in [-0.39, 0.29) is 11.5 Å². The number of terminal acetylenes is 1. The van der Waals surface area contributed by atoms with Gasteiger partial charge in [0.25, 0.3) is 6.43 Å². The lowest BCUT2D eigenvalue weighted by Crippen LogP contribution is -2.48. The van der Waals surface area contributed by atoms with Crippen LogP contribution in [0.4, 0.5) is 24.5 Å². The van der Waals surface area contributed by atoms with Crippen molar-refractivity contribution in [2.24, 2.45) is 5.41 Å². The van der Waals surface area contributed by atoms with Gasteiger partial charge < -0.3 is 20.8 Å². The number of pyridine rings is 2. The van der Waals surface area contributed by atoms with Gasteiger partial charge in [0, 0.05) is 52.8 Å². The smallest absolute Gasteiger partial charge is 0.262 e. The molecule has 0 radical (unpaired) electrons. The van der Waals surface area contributed by atoms with Crippen molar-refractivity contribution in [3.8, 4) is 12.3 Å². The van der Waals surface area contributed by atoms with Crippen molar-refractivity contribution in [3.05, 3.63) is 70.2 Å². The van der Waals surface area contributed by atoms with Gasteiger partial charge in [0.2, 0.25) is 5.95 Å². The standard InChI is InChI=1S/C31H33ClF3N7O/c1-5-18-14-36-27-21(26(18)39-24-8-11-43-16-30(24,3)4)12-19(13-22(27)32)38-28(20-6-7-25(33)37-17(20)2)23-15-42(41-40-23)31(9-10-31)29(34)35/h1,6-7,12-15,24,28-29,38,40-41H,8-11,16H2,2-4H3,(H,36,39)/t24-,28+/m1/s1. The Hall–Kier alpha value is -3.72. The van der Waals surface area contributed by atoms with E-state index in [4.69, 9.17) is 22.8 Å². The molecule has 4 heterocycles. The number of nitrogens with one attached hydrogen (secondary N) is 4. The Morgan fingerprint density at radius 1 is 1.26 bits per heavy atom. The van der Waals surface area contributed by atoms with E-state index in [2.05, 4.69) is 51.3 Å². The van der Waals surface area contributed by atoms with Crippen molar-refractivity contribution in [1.29, 1.82) is 0 Å². The molecule has 2 aromatic heterocycles. The Labute approximate surface area is 253 Å². The van der Waals surface area contributed by atoms with E-state index in [0.717, 1.165) is 17.5 Å². The molecule has 4 N–H and O–H groups in total. The van der Waals surface area contributed by atoms with Gasteiger partial charge in [0.1, 0.15) is 5.54 Å². The molecule has 3 aromatic rings. The maximum Gasteiger partial charge on any atom is 0.262 e. The molecule has 0 unspecified atom stereocenters. The van der Waals surface area contributed by atoms with Crippen LogP contribution in [0.15, 0.2) is 42.4 Å². The van der Waals surface area contributed by atoms with Crippen LogP contribution in [0.25, 0.3) is 10.9 Å². The Balaban J connectivity index is 1.42. The van der Waals surface area contributed by atoms with Crippen molar-refractivity contribution < 1.29 is 17.9 Å². The van der Waals surface area contributed by atoms with Crippen molar-refractivity contribution in [2.45, 2.75) is 64.1 Å². The van der Waals surface area contributed by atoms with Gasteiger partial charge in [-0.2, -0.15) is 4.39 Å². The van der Waals surface area contributed by atoms with Crippen LogP contribution in [0, 0.1) is 30.6 Å². The third-order valence-corrected chi connectivity index (χ3v) is 8.92. The first-order valence-corrected chi connectivity index (χ1v) is 14.5. The number of ether oxygens (including phenoxy) is 1. The molecule has 12 heteroatoms. The summed E-state index contributed by atoms with van der Waals surface area (Å²) < 4.78 is 47.5. The van der Waals surface area contributed by atoms with Crippen molar-refractivity contribution in [3.63, 3.8) is 0 Å². The van der Waals surface area contributed by atoms with E-state index in [9.17, 15) is 13.2 Å². The van der Waals surface area contributed by atoms with Gasteiger partial charge >= 0.3 is 0 Å². The SMILES string of the molecule is C#Cc1cnc2c(Cl)cc(N[C@H](C3=CN(C4(C(F)F)CC4)NN3)c3ccc(F)nc3C)cc2c1N[C@@H]1CCOCC1(C)C. The van der Waals surface area contributed by atoms with E-state index < -0.39 is 24.0 Å². The molecular formula is C31H33ClF3N7O. The Kier molecular flexibility index (Phi) is 7.57. The van der Waals surface area contributed by atoms with Crippen molar-refractivity contribution in [2.75, 3.05) is 23.8 Å². The molecule has 2 atom stereocenters. The van der Waals surface area contributed by atoms with Crippen LogP contribution in [0.5, 0.6) is 0 Å². The summed E-state index contributed by atoms with van der Waals surface area (Å²) in [4.78, 5) is 8.56. The van der Waals surface area contributed by atoms with Crippen LogP contribution in [-0.2, 0) is 4.74 Å². The molecule has 1 aliphatic carbocycles. The molecule has 3 aliphatic rings. The number of hydrazine groups is 2. The molecule has 43 heavy (non-hydrogen) atoms. The van der Waals surface area contributed by atoms with Gasteiger partial charge in [-0.25, -0.2) is 13.8 Å². The molecule has 0 amide bonds. The molecule has 1 saturated heterocycles. The normalized spacial score (nSPS) is 21.2. The number of halogens is 4. The number of hydrogen-bond donors (Lipinski definition) is 4. The van der Waals surface area contributed by atoms with E-state index in [1.165, 1.54) is 11.1 Å². The molecule has 0 bridgehead atoms. The Morgan fingerprint density at radius 2 is 2.05 bits per heavy atom. The molecule has 6 rings (SSSR count). The molecule has 8 nitrogen and oxygen atoms in total. The van der Waals surface area contributed by atoms with Gasteiger partial charge in [-0.1, -0.05) is 37.4 Å². The number of aromatic nitrogens is 2. The third kappa shape index (κ3) is 5.44. The minimum atomic E-state index is -2.53. The number of benzene rings is 1. The number of nitrogens with zero attached hydrogens (tertiary/aromatic N) is 3. The number of alkyl halides is 2. The van der Waals surface area contributed by atoms with Gasteiger partial charge in [0.05, 0.1) is 40.1 Å². The van der Waals surface area contributed by atoms with Crippen molar-refractivity contribution >= 4 is 33.9 Å². The minimum Gasteiger partial charge on any atom is -0.381 e. The summed E-state index contributed by atoms with van der Waals surface area (Å²) in [7, 11) is 0. The number of rotatable bonds is 8. The summed E-state index contributed by atoms with van der Waals surface area (Å²) >= 11 is 6.80. The van der Waals surface area contributed by atoms with Gasteiger partial charge in [-0.15, -0.1) is 12.0 Å². The zero-order chi connectivity index (χ0) is 30.5. The lowest BCUT2D eigenvalue weighted by molar-refractivity contribution is 0.00350. The predicted molar refractivity (Wildman–Crippen MR) is 161 cm³/mol. The third-order valence-electron chi connectivity index (χ3n) is 8.63. The van der Waals surface area contributed by atoms with E-state index in [1.807, 2.05) is 6.07 Å². The van der Waals surface area contributed by atoms with Crippen LogP contribution in [0.3, 0.4) is 0 Å². The van der Waals surface area contributed by atoms with Crippen molar-refractivity contribution in [1.82, 2.24) is 25.9 Å². The van der Waals surface area contributed by atoms with Crippen LogP contribution in [-0.4, -0.2) is 46.2 Å². The fraction of sp³-hybridized carbons (Fsp3) is 0.419. The maximum absolute atomic E-state index is 14.0. The average Bonchev–Trinajstić information content (AvgIpc) is 3.63. The highest BCUT2D eigenvalue weighted by molar-refractivity contribution is 6.35. The Morgan fingerprint density at radius 3 is 2.72 bits per heavy atom. The molecule has 2 aliphatic heterocycles. The van der Waals surface area contributed by atoms with Crippen LogP contribution in [0.2, 0.25) is 5.02 Å². The van der Waals surface area contributed by atoms with Crippen LogP contribution in [0.1, 0.15) is 56.0 Å². The fourth-order valence-electron chi connectivity index (χ4n) is 5.82. The van der Waals surface area contributed by atoms with Gasteiger partial charge in [-0.05, 0) is 44.4 Å². The number of anilines is 2. The lowest BCUT2D eigenvalue weighted by Gasteiger charge is -2.39. The fourth-order valence-corrected chi connectivity index (χ4v) is 6.09. The Bertz CT molecular complexity index is 1640. The number of aryl methyl sites for hydroxylation is 1. The monoisotopic (exact) mass is 611 g/mol. The first kappa shape index (κ1) is 29.4. The number of hydrogen-bond acceptors (Lipinski definition) is 8. The highest BCUT2D eigenvalue weighted by atomic mass is 35.5. The highest BCUT2D eigenvalue weighted by Crippen LogP contribution is 2.47.